The van der Waals surface area contributed by atoms with Crippen molar-refractivity contribution >= 4 is 11.6 Å². The van der Waals surface area contributed by atoms with E-state index in [0.29, 0.717) is 5.82 Å². The second-order valence-corrected chi connectivity index (χ2v) is 4.26. The number of nitrogens with two attached hydrogens (primary N) is 1. The van der Waals surface area contributed by atoms with E-state index < -0.39 is 0 Å². The minimum absolute atomic E-state index is 0.478. The Labute approximate surface area is 106 Å². The van der Waals surface area contributed by atoms with E-state index in [1.54, 1.807) is 6.07 Å². The van der Waals surface area contributed by atoms with Gasteiger partial charge in [0.05, 0.1) is 5.69 Å². The summed E-state index contributed by atoms with van der Waals surface area (Å²) in [5, 5.41) is 7.62. The number of hydrogen-bond acceptors (Lipinski definition) is 5. The highest BCUT2D eigenvalue weighted by molar-refractivity contribution is 5.42. The molecule has 0 bridgehead atoms. The van der Waals surface area contributed by atoms with Crippen LogP contribution in [0.2, 0.25) is 0 Å². The summed E-state index contributed by atoms with van der Waals surface area (Å²) in [7, 11) is 0. The highest BCUT2D eigenvalue weighted by Gasteiger charge is 2.00. The first-order chi connectivity index (χ1) is 8.65. The second kappa shape index (κ2) is 5.48. The third-order valence-corrected chi connectivity index (χ3v) is 2.64. The molecule has 2 heterocycles. The summed E-state index contributed by atoms with van der Waals surface area (Å²) >= 11 is 0. The fraction of sp³-hybridized carbons (Fsp3) is 0.417. The summed E-state index contributed by atoms with van der Waals surface area (Å²) in [6.07, 6.45) is 2.44. The Bertz CT molecular complexity index is 519. The molecule has 0 atom stereocenters. The SMILES string of the molecule is Cc1cc(C)n(CCCNc2cc(N)ncn2)n1. The van der Waals surface area contributed by atoms with Gasteiger partial charge in [-0.3, -0.25) is 4.68 Å². The number of nitrogens with zero attached hydrogens (tertiary/aromatic N) is 4. The lowest BCUT2D eigenvalue weighted by atomic mass is 10.4. The van der Waals surface area contributed by atoms with Crippen LogP contribution >= 0.6 is 0 Å². The highest BCUT2D eigenvalue weighted by atomic mass is 15.3. The quantitative estimate of drug-likeness (QED) is 0.779. The molecule has 18 heavy (non-hydrogen) atoms. The number of aromatic nitrogens is 4. The number of nitrogens with one attached hydrogen (secondary N) is 1. The van der Waals surface area contributed by atoms with Gasteiger partial charge in [-0.05, 0) is 26.3 Å². The van der Waals surface area contributed by atoms with Gasteiger partial charge in [-0.1, -0.05) is 0 Å². The molecular formula is C12H18N6. The topological polar surface area (TPSA) is 81.7 Å². The van der Waals surface area contributed by atoms with Gasteiger partial charge in [0.2, 0.25) is 0 Å². The molecule has 0 fully saturated rings. The number of nitrogen functional groups attached to an aromatic ring is 1. The van der Waals surface area contributed by atoms with Crippen molar-refractivity contribution in [2.75, 3.05) is 17.6 Å². The lowest BCUT2D eigenvalue weighted by molar-refractivity contribution is 0.573. The first kappa shape index (κ1) is 12.3. The zero-order chi connectivity index (χ0) is 13.0. The van der Waals surface area contributed by atoms with Crippen LogP contribution in [0.5, 0.6) is 0 Å². The monoisotopic (exact) mass is 246 g/mol. The molecule has 0 aliphatic heterocycles. The van der Waals surface area contributed by atoms with Crippen molar-refractivity contribution in [3.8, 4) is 0 Å². The van der Waals surface area contributed by atoms with Crippen LogP contribution in [0.15, 0.2) is 18.5 Å². The fourth-order valence-corrected chi connectivity index (χ4v) is 1.82. The van der Waals surface area contributed by atoms with E-state index in [-0.39, 0.29) is 0 Å². The van der Waals surface area contributed by atoms with Gasteiger partial charge in [0.15, 0.2) is 0 Å². The van der Waals surface area contributed by atoms with Crippen LogP contribution in [0.3, 0.4) is 0 Å². The minimum atomic E-state index is 0.478. The molecule has 0 unspecified atom stereocenters. The summed E-state index contributed by atoms with van der Waals surface area (Å²) in [5.41, 5.74) is 7.82. The normalized spacial score (nSPS) is 10.6. The van der Waals surface area contributed by atoms with Gasteiger partial charge in [0, 0.05) is 24.8 Å². The zero-order valence-corrected chi connectivity index (χ0v) is 10.7. The van der Waals surface area contributed by atoms with E-state index in [1.807, 2.05) is 11.6 Å². The summed E-state index contributed by atoms with van der Waals surface area (Å²) in [4.78, 5) is 7.92. The van der Waals surface area contributed by atoms with Crippen molar-refractivity contribution in [1.82, 2.24) is 19.7 Å². The van der Waals surface area contributed by atoms with Gasteiger partial charge in [-0.15, -0.1) is 0 Å². The van der Waals surface area contributed by atoms with Crippen LogP contribution in [0.1, 0.15) is 17.8 Å². The van der Waals surface area contributed by atoms with E-state index in [1.165, 1.54) is 12.0 Å². The highest BCUT2D eigenvalue weighted by Crippen LogP contribution is 2.06. The molecule has 2 rings (SSSR count). The van der Waals surface area contributed by atoms with Gasteiger partial charge in [-0.2, -0.15) is 5.10 Å². The van der Waals surface area contributed by atoms with Crippen LogP contribution in [0.25, 0.3) is 0 Å². The van der Waals surface area contributed by atoms with Crippen molar-refractivity contribution in [3.05, 3.63) is 29.8 Å². The Hall–Kier alpha value is -2.11. The molecule has 0 aliphatic rings. The summed E-state index contributed by atoms with van der Waals surface area (Å²) < 4.78 is 2.02. The smallest absolute Gasteiger partial charge is 0.131 e. The average molecular weight is 246 g/mol. The van der Waals surface area contributed by atoms with E-state index in [9.17, 15) is 0 Å². The van der Waals surface area contributed by atoms with Crippen molar-refractivity contribution in [2.45, 2.75) is 26.8 Å². The van der Waals surface area contributed by atoms with Crippen LogP contribution < -0.4 is 11.1 Å². The van der Waals surface area contributed by atoms with Crippen LogP contribution in [-0.4, -0.2) is 26.3 Å². The van der Waals surface area contributed by atoms with E-state index in [4.69, 9.17) is 5.73 Å². The summed E-state index contributed by atoms with van der Waals surface area (Å²) in [5.74, 6) is 1.24. The Morgan fingerprint density at radius 1 is 1.28 bits per heavy atom. The Morgan fingerprint density at radius 2 is 2.11 bits per heavy atom. The molecule has 0 aromatic carbocycles. The Kier molecular flexibility index (Phi) is 3.76. The maximum atomic E-state index is 5.57. The predicted octanol–water partition coefficient (Wildman–Crippen LogP) is 1.37. The van der Waals surface area contributed by atoms with Gasteiger partial charge < -0.3 is 11.1 Å². The average Bonchev–Trinajstić information content (AvgIpc) is 2.64. The zero-order valence-electron chi connectivity index (χ0n) is 10.7. The standard InChI is InChI=1S/C12H18N6/c1-9-6-10(2)18(17-9)5-3-4-14-12-7-11(13)15-8-16-12/h6-8H,3-5H2,1-2H3,(H3,13,14,15,16). The van der Waals surface area contributed by atoms with E-state index >= 15 is 0 Å². The molecule has 96 valence electrons. The van der Waals surface area contributed by atoms with Crippen LogP contribution in [-0.2, 0) is 6.54 Å². The molecular weight excluding hydrogens is 228 g/mol. The third kappa shape index (κ3) is 3.19. The largest absolute Gasteiger partial charge is 0.384 e. The Morgan fingerprint density at radius 3 is 2.78 bits per heavy atom. The first-order valence-corrected chi connectivity index (χ1v) is 5.97. The van der Waals surface area contributed by atoms with Crippen molar-refractivity contribution in [2.24, 2.45) is 0 Å². The van der Waals surface area contributed by atoms with Gasteiger partial charge in [0.25, 0.3) is 0 Å². The molecule has 0 saturated carbocycles. The van der Waals surface area contributed by atoms with Gasteiger partial charge in [0.1, 0.15) is 18.0 Å². The Balaban J connectivity index is 1.78. The van der Waals surface area contributed by atoms with Crippen LogP contribution in [0, 0.1) is 13.8 Å². The molecule has 0 aliphatic carbocycles. The number of aryl methyl sites for hydroxylation is 3. The maximum Gasteiger partial charge on any atom is 0.131 e. The number of hydrogen-bond donors (Lipinski definition) is 2. The van der Waals surface area contributed by atoms with E-state index in [2.05, 4.69) is 33.4 Å². The summed E-state index contributed by atoms with van der Waals surface area (Å²) in [6.45, 7) is 5.80. The minimum Gasteiger partial charge on any atom is -0.384 e. The summed E-state index contributed by atoms with van der Waals surface area (Å²) in [6, 6.07) is 3.81. The number of anilines is 2. The molecule has 2 aromatic rings. The lowest BCUT2D eigenvalue weighted by Crippen LogP contribution is -2.10. The van der Waals surface area contributed by atoms with Crippen molar-refractivity contribution < 1.29 is 0 Å². The fourth-order valence-electron chi connectivity index (χ4n) is 1.82. The molecule has 0 saturated heterocycles. The molecule has 6 heteroatoms. The van der Waals surface area contributed by atoms with Crippen LogP contribution in [0.4, 0.5) is 11.6 Å². The molecule has 3 N–H and O–H groups in total. The third-order valence-electron chi connectivity index (χ3n) is 2.64. The lowest BCUT2D eigenvalue weighted by Gasteiger charge is -2.07. The molecule has 0 radical (unpaired) electrons. The van der Waals surface area contributed by atoms with Gasteiger partial charge >= 0.3 is 0 Å². The molecule has 2 aromatic heterocycles. The number of rotatable bonds is 5. The molecule has 0 amide bonds. The molecule has 0 spiro atoms. The van der Waals surface area contributed by atoms with Crippen molar-refractivity contribution in [1.29, 1.82) is 0 Å². The first-order valence-electron chi connectivity index (χ1n) is 5.97. The second-order valence-electron chi connectivity index (χ2n) is 4.26. The van der Waals surface area contributed by atoms with E-state index in [0.717, 1.165) is 31.0 Å². The molecule has 6 nitrogen and oxygen atoms in total. The van der Waals surface area contributed by atoms with Crippen molar-refractivity contribution in [3.63, 3.8) is 0 Å². The maximum absolute atomic E-state index is 5.57. The van der Waals surface area contributed by atoms with Gasteiger partial charge in [-0.25, -0.2) is 9.97 Å². The predicted molar refractivity (Wildman–Crippen MR) is 71.3 cm³/mol.